The summed E-state index contributed by atoms with van der Waals surface area (Å²) in [4.78, 5) is 5.58. The fraction of sp³-hybridized carbons (Fsp3) is 0.545. The third kappa shape index (κ3) is 1.12. The Kier molecular flexibility index (Phi) is 1.91. The largest absolute Gasteiger partial charge is 0.395 e. The molecule has 1 aliphatic carbocycles. The van der Waals surface area contributed by atoms with Gasteiger partial charge in [0, 0.05) is 17.0 Å². The highest BCUT2D eigenvalue weighted by Gasteiger charge is 2.41. The van der Waals surface area contributed by atoms with Gasteiger partial charge in [-0.25, -0.2) is 4.98 Å². The molecule has 0 spiro atoms. The molecular weight excluding hydrogens is 208 g/mol. The van der Waals surface area contributed by atoms with E-state index in [4.69, 9.17) is 0 Å². The van der Waals surface area contributed by atoms with Gasteiger partial charge in [-0.3, -0.25) is 4.40 Å². The normalized spacial score (nSPS) is 19.3. The van der Waals surface area contributed by atoms with Gasteiger partial charge in [-0.2, -0.15) is 0 Å². The quantitative estimate of drug-likeness (QED) is 0.845. The Morgan fingerprint density at radius 2 is 2.40 bits per heavy atom. The van der Waals surface area contributed by atoms with Crippen LogP contribution in [-0.2, 0) is 5.41 Å². The van der Waals surface area contributed by atoms with Gasteiger partial charge in [-0.1, -0.05) is 6.42 Å². The van der Waals surface area contributed by atoms with Crippen molar-refractivity contribution in [1.29, 1.82) is 0 Å². The zero-order valence-corrected chi connectivity index (χ0v) is 9.55. The van der Waals surface area contributed by atoms with E-state index in [2.05, 4.69) is 21.0 Å². The molecule has 1 fully saturated rings. The van der Waals surface area contributed by atoms with E-state index in [0.29, 0.717) is 0 Å². The number of nitrogens with zero attached hydrogens (tertiary/aromatic N) is 2. The van der Waals surface area contributed by atoms with E-state index in [-0.39, 0.29) is 12.0 Å². The molecule has 1 N–H and O–H groups in total. The van der Waals surface area contributed by atoms with Gasteiger partial charge in [-0.05, 0) is 19.8 Å². The molecule has 2 heterocycles. The van der Waals surface area contributed by atoms with Crippen molar-refractivity contribution in [2.75, 3.05) is 6.61 Å². The van der Waals surface area contributed by atoms with Crippen LogP contribution in [0.3, 0.4) is 0 Å². The summed E-state index contributed by atoms with van der Waals surface area (Å²) in [6.45, 7) is 2.29. The molecule has 15 heavy (non-hydrogen) atoms. The molecule has 4 heteroatoms. The van der Waals surface area contributed by atoms with Crippen molar-refractivity contribution in [2.45, 2.75) is 31.6 Å². The Labute approximate surface area is 92.4 Å². The third-order valence-electron chi connectivity index (χ3n) is 3.55. The number of aromatic nitrogens is 2. The van der Waals surface area contributed by atoms with Gasteiger partial charge in [-0.15, -0.1) is 11.3 Å². The predicted octanol–water partition coefficient (Wildman–Crippen LogP) is 2.12. The summed E-state index contributed by atoms with van der Waals surface area (Å²) < 4.78 is 2.15. The fourth-order valence-corrected chi connectivity index (χ4v) is 3.37. The van der Waals surface area contributed by atoms with Gasteiger partial charge in [0.1, 0.15) is 0 Å². The molecule has 3 rings (SSSR count). The maximum absolute atomic E-state index is 9.59. The number of hydrogen-bond acceptors (Lipinski definition) is 3. The average molecular weight is 222 g/mol. The molecule has 1 saturated carbocycles. The second-order valence-corrected chi connectivity index (χ2v) is 5.27. The van der Waals surface area contributed by atoms with Gasteiger partial charge >= 0.3 is 0 Å². The summed E-state index contributed by atoms with van der Waals surface area (Å²) >= 11 is 1.65. The summed E-state index contributed by atoms with van der Waals surface area (Å²) in [5.74, 6) is 0. The number of aliphatic hydroxyl groups excluding tert-OH is 1. The number of hydrogen-bond donors (Lipinski definition) is 1. The minimum absolute atomic E-state index is 0.00935. The van der Waals surface area contributed by atoms with Crippen LogP contribution in [0.15, 0.2) is 11.6 Å². The summed E-state index contributed by atoms with van der Waals surface area (Å²) in [7, 11) is 0. The van der Waals surface area contributed by atoms with Crippen LogP contribution in [0.25, 0.3) is 4.96 Å². The maximum Gasteiger partial charge on any atom is 0.194 e. The van der Waals surface area contributed by atoms with Crippen molar-refractivity contribution in [1.82, 2.24) is 9.38 Å². The molecular formula is C11H14N2OS. The Hall–Kier alpha value is -0.870. The number of thiazole rings is 1. The lowest BCUT2D eigenvalue weighted by molar-refractivity contribution is 0.115. The molecule has 3 nitrogen and oxygen atoms in total. The molecule has 0 atom stereocenters. The van der Waals surface area contributed by atoms with Crippen LogP contribution >= 0.6 is 11.3 Å². The number of imidazole rings is 1. The predicted molar refractivity (Wildman–Crippen MR) is 60.4 cm³/mol. The van der Waals surface area contributed by atoms with Crippen molar-refractivity contribution in [3.8, 4) is 0 Å². The molecule has 0 radical (unpaired) electrons. The van der Waals surface area contributed by atoms with Crippen molar-refractivity contribution in [3.63, 3.8) is 0 Å². The van der Waals surface area contributed by atoms with Gasteiger partial charge in [0.2, 0.25) is 0 Å². The lowest BCUT2D eigenvalue weighted by Crippen LogP contribution is -2.39. The smallest absolute Gasteiger partial charge is 0.194 e. The SMILES string of the molecule is Cc1nc2sccn2c1C1(CO)CCC1. The minimum Gasteiger partial charge on any atom is -0.395 e. The Morgan fingerprint density at radius 3 is 3.00 bits per heavy atom. The first-order chi connectivity index (χ1) is 7.27. The van der Waals surface area contributed by atoms with Gasteiger partial charge in [0.15, 0.2) is 4.96 Å². The van der Waals surface area contributed by atoms with Crippen LogP contribution in [0.2, 0.25) is 0 Å². The highest BCUT2D eigenvalue weighted by atomic mass is 32.1. The number of rotatable bonds is 2. The lowest BCUT2D eigenvalue weighted by Gasteiger charge is -2.40. The third-order valence-corrected chi connectivity index (χ3v) is 4.31. The number of aryl methyl sites for hydroxylation is 1. The highest BCUT2D eigenvalue weighted by Crippen LogP contribution is 2.44. The number of aliphatic hydroxyl groups is 1. The molecule has 80 valence electrons. The van der Waals surface area contributed by atoms with E-state index < -0.39 is 0 Å². The molecule has 0 aliphatic heterocycles. The standard InChI is InChI=1S/C11H14N2OS/c1-8-9(11(7-14)3-2-4-11)13-5-6-15-10(13)12-8/h5-6,14H,2-4,7H2,1H3. The van der Waals surface area contributed by atoms with E-state index >= 15 is 0 Å². The zero-order chi connectivity index (χ0) is 10.5. The second kappa shape index (κ2) is 3.06. The van der Waals surface area contributed by atoms with Crippen LogP contribution in [0.4, 0.5) is 0 Å². The summed E-state index contributed by atoms with van der Waals surface area (Å²) in [5.41, 5.74) is 2.30. The first kappa shape index (κ1) is 9.36. The second-order valence-electron chi connectivity index (χ2n) is 4.39. The molecule has 0 unspecified atom stereocenters. The molecule has 2 aromatic rings. The maximum atomic E-state index is 9.59. The van der Waals surface area contributed by atoms with Crippen molar-refractivity contribution >= 4 is 16.3 Å². The van der Waals surface area contributed by atoms with E-state index in [1.54, 1.807) is 11.3 Å². The fourth-order valence-electron chi connectivity index (χ4n) is 2.61. The van der Waals surface area contributed by atoms with E-state index in [0.717, 1.165) is 23.5 Å². The summed E-state index contributed by atoms with van der Waals surface area (Å²) in [6.07, 6.45) is 5.46. The molecule has 2 aromatic heterocycles. The topological polar surface area (TPSA) is 37.5 Å². The Morgan fingerprint density at radius 1 is 1.60 bits per heavy atom. The van der Waals surface area contributed by atoms with Crippen LogP contribution < -0.4 is 0 Å². The molecule has 0 aromatic carbocycles. The van der Waals surface area contributed by atoms with Crippen LogP contribution in [0.5, 0.6) is 0 Å². The number of fused-ring (bicyclic) bond motifs is 1. The van der Waals surface area contributed by atoms with E-state index in [1.807, 2.05) is 6.92 Å². The minimum atomic E-state index is -0.00935. The van der Waals surface area contributed by atoms with Crippen LogP contribution in [0, 0.1) is 6.92 Å². The highest BCUT2D eigenvalue weighted by molar-refractivity contribution is 7.15. The van der Waals surface area contributed by atoms with Crippen molar-refractivity contribution in [2.24, 2.45) is 0 Å². The van der Waals surface area contributed by atoms with Crippen LogP contribution in [0.1, 0.15) is 30.7 Å². The molecule has 0 bridgehead atoms. The molecule has 0 saturated heterocycles. The Balaban J connectivity index is 2.23. The summed E-state index contributed by atoms with van der Waals surface area (Å²) in [5, 5.41) is 11.6. The van der Waals surface area contributed by atoms with Crippen LogP contribution in [-0.4, -0.2) is 21.1 Å². The lowest BCUT2D eigenvalue weighted by atomic mass is 9.66. The monoisotopic (exact) mass is 222 g/mol. The molecule has 0 amide bonds. The Bertz CT molecular complexity index is 490. The van der Waals surface area contributed by atoms with Gasteiger partial charge < -0.3 is 5.11 Å². The summed E-state index contributed by atoms with van der Waals surface area (Å²) in [6, 6.07) is 0. The first-order valence-corrected chi connectivity index (χ1v) is 6.18. The van der Waals surface area contributed by atoms with Gasteiger partial charge in [0.05, 0.1) is 18.0 Å². The first-order valence-electron chi connectivity index (χ1n) is 5.30. The van der Waals surface area contributed by atoms with Crippen molar-refractivity contribution < 1.29 is 5.11 Å². The van der Waals surface area contributed by atoms with E-state index in [9.17, 15) is 5.11 Å². The van der Waals surface area contributed by atoms with E-state index in [1.165, 1.54) is 12.1 Å². The zero-order valence-electron chi connectivity index (χ0n) is 8.73. The average Bonchev–Trinajstić information content (AvgIpc) is 2.67. The van der Waals surface area contributed by atoms with Gasteiger partial charge in [0.25, 0.3) is 0 Å². The molecule has 1 aliphatic rings. The van der Waals surface area contributed by atoms with Crippen molar-refractivity contribution in [3.05, 3.63) is 23.0 Å².